The third kappa shape index (κ3) is 2.88. The lowest BCUT2D eigenvalue weighted by atomic mass is 9.98. The molecule has 5 rings (SSSR count). The Hall–Kier alpha value is -2.12. The Labute approximate surface area is 171 Å². The first-order valence-corrected chi connectivity index (χ1v) is 11.7. The first-order chi connectivity index (χ1) is 13.8. The number of nitrogens with zero attached hydrogens (tertiary/aromatic N) is 4. The van der Waals surface area contributed by atoms with Crippen LogP contribution in [0, 0.1) is 0 Å². The molecule has 0 radical (unpaired) electrons. The van der Waals surface area contributed by atoms with Crippen molar-refractivity contribution in [3.05, 3.63) is 56.6 Å². The predicted molar refractivity (Wildman–Crippen MR) is 116 cm³/mol. The Morgan fingerprint density at radius 1 is 1.14 bits per heavy atom. The molecule has 1 aromatic carbocycles. The van der Waals surface area contributed by atoms with Gasteiger partial charge in [-0.05, 0) is 37.7 Å². The molecule has 3 heterocycles. The van der Waals surface area contributed by atoms with E-state index >= 15 is 0 Å². The van der Waals surface area contributed by atoms with Crippen LogP contribution in [0.15, 0.2) is 40.3 Å². The standard InChI is InChI=1S/C21H22N4OS2/c1-2-12-27-21-23-22-20-24(13-14-8-4-3-5-9-14)17-18(26)15-10-6-7-11-16(15)28-19(17)25(20)21/h3-5,8-9H,2,6-7,10-13H2,1H3. The zero-order valence-electron chi connectivity index (χ0n) is 15.9. The minimum atomic E-state index is 0.191. The van der Waals surface area contributed by atoms with Crippen LogP contribution < -0.4 is 5.43 Å². The highest BCUT2D eigenvalue weighted by Crippen LogP contribution is 2.32. The highest BCUT2D eigenvalue weighted by Gasteiger charge is 2.24. The molecular formula is C21H22N4OS2. The van der Waals surface area contributed by atoms with Gasteiger partial charge in [-0.1, -0.05) is 49.0 Å². The quantitative estimate of drug-likeness (QED) is 0.454. The maximum Gasteiger partial charge on any atom is 0.238 e. The van der Waals surface area contributed by atoms with Gasteiger partial charge in [0.25, 0.3) is 0 Å². The molecule has 3 aromatic heterocycles. The number of rotatable bonds is 5. The number of thioether (sulfide) groups is 1. The molecule has 0 fully saturated rings. The maximum absolute atomic E-state index is 13.5. The molecule has 1 aliphatic rings. The second kappa shape index (κ2) is 7.37. The van der Waals surface area contributed by atoms with E-state index in [-0.39, 0.29) is 5.43 Å². The van der Waals surface area contributed by atoms with Crippen LogP contribution in [-0.4, -0.2) is 24.9 Å². The molecular weight excluding hydrogens is 388 g/mol. The number of hydrogen-bond acceptors (Lipinski definition) is 5. The molecule has 28 heavy (non-hydrogen) atoms. The maximum atomic E-state index is 13.5. The van der Waals surface area contributed by atoms with Crippen LogP contribution in [0.5, 0.6) is 0 Å². The van der Waals surface area contributed by atoms with E-state index < -0.39 is 0 Å². The lowest BCUT2D eigenvalue weighted by Crippen LogP contribution is -2.18. The molecule has 7 heteroatoms. The van der Waals surface area contributed by atoms with Crippen LogP contribution >= 0.6 is 23.1 Å². The predicted octanol–water partition coefficient (Wildman–Crippen LogP) is 4.53. The summed E-state index contributed by atoms with van der Waals surface area (Å²) in [6.07, 6.45) is 5.26. The minimum absolute atomic E-state index is 0.191. The van der Waals surface area contributed by atoms with E-state index in [0.717, 1.165) is 63.8 Å². The third-order valence-electron chi connectivity index (χ3n) is 5.28. The topological polar surface area (TPSA) is 52.2 Å². The molecule has 0 unspecified atom stereocenters. The van der Waals surface area contributed by atoms with Crippen molar-refractivity contribution in [2.45, 2.75) is 50.7 Å². The molecule has 0 atom stereocenters. The molecule has 5 nitrogen and oxygen atoms in total. The molecule has 0 saturated carbocycles. The van der Waals surface area contributed by atoms with Crippen LogP contribution in [0.25, 0.3) is 16.1 Å². The van der Waals surface area contributed by atoms with Gasteiger partial charge in [-0.3, -0.25) is 9.36 Å². The van der Waals surface area contributed by atoms with Crippen molar-refractivity contribution >= 4 is 39.2 Å². The van der Waals surface area contributed by atoms with Gasteiger partial charge in [0.15, 0.2) is 5.16 Å². The Bertz CT molecular complexity index is 1210. The largest absolute Gasteiger partial charge is 0.300 e. The van der Waals surface area contributed by atoms with E-state index in [2.05, 4.69) is 38.2 Å². The van der Waals surface area contributed by atoms with Gasteiger partial charge in [-0.15, -0.1) is 21.5 Å². The van der Waals surface area contributed by atoms with E-state index in [1.54, 1.807) is 23.1 Å². The van der Waals surface area contributed by atoms with E-state index in [0.29, 0.717) is 6.54 Å². The number of benzene rings is 1. The summed E-state index contributed by atoms with van der Waals surface area (Å²) in [6.45, 7) is 2.80. The van der Waals surface area contributed by atoms with Crippen LogP contribution in [-0.2, 0) is 19.4 Å². The Morgan fingerprint density at radius 3 is 2.79 bits per heavy atom. The fourth-order valence-corrected chi connectivity index (χ4v) is 6.14. The molecule has 0 amide bonds. The Kier molecular flexibility index (Phi) is 4.72. The van der Waals surface area contributed by atoms with E-state index in [4.69, 9.17) is 0 Å². The van der Waals surface area contributed by atoms with E-state index in [9.17, 15) is 4.79 Å². The number of imidazole rings is 1. The number of fused-ring (bicyclic) bond motifs is 4. The van der Waals surface area contributed by atoms with Crippen molar-refractivity contribution < 1.29 is 0 Å². The van der Waals surface area contributed by atoms with Crippen molar-refractivity contribution in [2.24, 2.45) is 0 Å². The van der Waals surface area contributed by atoms with Crippen molar-refractivity contribution in [3.8, 4) is 0 Å². The van der Waals surface area contributed by atoms with Crippen molar-refractivity contribution in [3.63, 3.8) is 0 Å². The highest BCUT2D eigenvalue weighted by molar-refractivity contribution is 7.99. The first-order valence-electron chi connectivity index (χ1n) is 9.87. The summed E-state index contributed by atoms with van der Waals surface area (Å²) in [6, 6.07) is 10.3. The average Bonchev–Trinajstić information content (AvgIpc) is 3.27. The van der Waals surface area contributed by atoms with Crippen molar-refractivity contribution in [1.29, 1.82) is 0 Å². The second-order valence-electron chi connectivity index (χ2n) is 7.23. The first kappa shape index (κ1) is 17.9. The van der Waals surface area contributed by atoms with Gasteiger partial charge in [0.2, 0.25) is 11.2 Å². The summed E-state index contributed by atoms with van der Waals surface area (Å²) < 4.78 is 4.18. The van der Waals surface area contributed by atoms with Gasteiger partial charge in [-0.25, -0.2) is 4.40 Å². The number of aryl methyl sites for hydroxylation is 1. The van der Waals surface area contributed by atoms with Crippen molar-refractivity contribution in [2.75, 3.05) is 5.75 Å². The smallest absolute Gasteiger partial charge is 0.238 e. The second-order valence-corrected chi connectivity index (χ2v) is 9.38. The summed E-state index contributed by atoms with van der Waals surface area (Å²) in [4.78, 5) is 15.7. The molecule has 4 aromatic rings. The Balaban J connectivity index is 1.80. The SMILES string of the molecule is CCCSc1nnc2n(Cc3ccccc3)c3c(=O)c4c(sc3n12)CCCC4. The van der Waals surface area contributed by atoms with Gasteiger partial charge >= 0.3 is 0 Å². The van der Waals surface area contributed by atoms with Crippen LogP contribution in [0.2, 0.25) is 0 Å². The van der Waals surface area contributed by atoms with Gasteiger partial charge in [-0.2, -0.15) is 0 Å². The summed E-state index contributed by atoms with van der Waals surface area (Å²) in [5, 5.41) is 9.83. The summed E-state index contributed by atoms with van der Waals surface area (Å²) in [5.74, 6) is 1.76. The van der Waals surface area contributed by atoms with E-state index in [1.807, 2.05) is 18.2 Å². The molecule has 0 bridgehead atoms. The molecule has 0 N–H and O–H groups in total. The zero-order valence-corrected chi connectivity index (χ0v) is 17.5. The fraction of sp³-hybridized carbons (Fsp3) is 0.381. The summed E-state index contributed by atoms with van der Waals surface area (Å²) in [5.41, 5.74) is 3.17. The third-order valence-corrected chi connectivity index (χ3v) is 7.68. The molecule has 0 spiro atoms. The normalized spacial score (nSPS) is 14.0. The number of aromatic nitrogens is 4. The van der Waals surface area contributed by atoms with Gasteiger partial charge in [0.05, 0.1) is 6.54 Å². The molecule has 1 aliphatic carbocycles. The van der Waals surface area contributed by atoms with Crippen LogP contribution in [0.4, 0.5) is 0 Å². The Morgan fingerprint density at radius 2 is 1.96 bits per heavy atom. The summed E-state index contributed by atoms with van der Waals surface area (Å²) in [7, 11) is 0. The fourth-order valence-electron chi connectivity index (χ4n) is 3.94. The van der Waals surface area contributed by atoms with Gasteiger partial charge in [0, 0.05) is 16.2 Å². The number of hydrogen-bond donors (Lipinski definition) is 0. The average molecular weight is 411 g/mol. The molecule has 0 saturated heterocycles. The lowest BCUT2D eigenvalue weighted by molar-refractivity contribution is 0.691. The van der Waals surface area contributed by atoms with E-state index in [1.165, 1.54) is 11.3 Å². The van der Waals surface area contributed by atoms with Crippen molar-refractivity contribution in [1.82, 2.24) is 19.2 Å². The summed E-state index contributed by atoms with van der Waals surface area (Å²) >= 11 is 3.48. The lowest BCUT2D eigenvalue weighted by Gasteiger charge is -2.14. The van der Waals surface area contributed by atoms with Gasteiger partial charge < -0.3 is 0 Å². The van der Waals surface area contributed by atoms with Crippen LogP contribution in [0.1, 0.15) is 42.2 Å². The highest BCUT2D eigenvalue weighted by atomic mass is 32.2. The zero-order chi connectivity index (χ0) is 19.1. The molecule has 144 valence electrons. The monoisotopic (exact) mass is 410 g/mol. The minimum Gasteiger partial charge on any atom is -0.300 e. The van der Waals surface area contributed by atoms with Gasteiger partial charge in [0.1, 0.15) is 10.3 Å². The molecule has 0 aliphatic heterocycles. The van der Waals surface area contributed by atoms with Crippen LogP contribution in [0.3, 0.4) is 0 Å².